The summed E-state index contributed by atoms with van der Waals surface area (Å²) in [5.74, 6) is 0.174. The van der Waals surface area contributed by atoms with E-state index in [0.29, 0.717) is 28.4 Å². The van der Waals surface area contributed by atoms with Crippen molar-refractivity contribution in [2.75, 3.05) is 10.6 Å². The lowest BCUT2D eigenvalue weighted by Crippen LogP contribution is -2.16. The van der Waals surface area contributed by atoms with E-state index in [2.05, 4.69) is 10.6 Å². The van der Waals surface area contributed by atoms with Crippen LogP contribution in [0.2, 0.25) is 0 Å². The highest BCUT2D eigenvalue weighted by molar-refractivity contribution is 6.06. The van der Waals surface area contributed by atoms with Crippen LogP contribution in [0.4, 0.5) is 11.4 Å². The van der Waals surface area contributed by atoms with Gasteiger partial charge in [0.1, 0.15) is 6.07 Å². The Morgan fingerprint density at radius 1 is 1.12 bits per heavy atom. The van der Waals surface area contributed by atoms with Crippen LogP contribution in [0.25, 0.3) is 0 Å². The summed E-state index contributed by atoms with van der Waals surface area (Å²) in [4.78, 5) is 24.4. The Balaban J connectivity index is 1.72. The molecule has 5 nitrogen and oxygen atoms in total. The maximum atomic E-state index is 12.4. The van der Waals surface area contributed by atoms with E-state index in [9.17, 15) is 9.59 Å². The number of hydrogen-bond donors (Lipinski definition) is 2. The number of benzene rings is 2. The van der Waals surface area contributed by atoms with Gasteiger partial charge in [-0.25, -0.2) is 0 Å². The Kier molecular flexibility index (Phi) is 4.30. The number of nitrogens with zero attached hydrogens (tertiary/aromatic N) is 1. The molecule has 0 bridgehead atoms. The Hall–Kier alpha value is -3.13. The third-order valence-electron chi connectivity index (χ3n) is 4.13. The van der Waals surface area contributed by atoms with E-state index < -0.39 is 0 Å². The summed E-state index contributed by atoms with van der Waals surface area (Å²) in [6.07, 6.45) is 0.914. The molecule has 3 rings (SSSR count). The highest BCUT2D eigenvalue weighted by Gasteiger charge is 2.39. The molecule has 120 valence electrons. The Bertz CT molecular complexity index is 839. The van der Waals surface area contributed by atoms with E-state index in [1.807, 2.05) is 13.0 Å². The van der Waals surface area contributed by atoms with E-state index in [1.165, 1.54) is 0 Å². The summed E-state index contributed by atoms with van der Waals surface area (Å²) in [7, 11) is 0. The first-order valence-corrected chi connectivity index (χ1v) is 7.80. The lowest BCUT2D eigenvalue weighted by molar-refractivity contribution is -0.117. The van der Waals surface area contributed by atoms with E-state index in [4.69, 9.17) is 5.26 Å². The van der Waals surface area contributed by atoms with Crippen LogP contribution in [0.5, 0.6) is 0 Å². The van der Waals surface area contributed by atoms with E-state index >= 15 is 0 Å². The van der Waals surface area contributed by atoms with E-state index in [0.717, 1.165) is 6.42 Å². The standard InChI is InChI=1S/C19H17N3O2/c1-12-9-16(12)19(24)21-15-7-4-6-13(10-15)18(23)22-17-8-3-2-5-14(17)11-20/h2-8,10,12,16H,9H2,1H3,(H,21,24)(H,22,23). The molecular formula is C19H17N3O2. The molecule has 24 heavy (non-hydrogen) atoms. The Labute approximate surface area is 140 Å². The molecule has 2 atom stereocenters. The SMILES string of the molecule is CC1CC1C(=O)Nc1cccc(C(=O)Nc2ccccc2C#N)c1. The number of amides is 2. The molecule has 1 fully saturated rings. The largest absolute Gasteiger partial charge is 0.326 e. The van der Waals surface area contributed by atoms with Gasteiger partial charge in [0.15, 0.2) is 0 Å². The third-order valence-corrected chi connectivity index (χ3v) is 4.13. The lowest BCUT2D eigenvalue weighted by atomic mass is 10.1. The molecule has 0 heterocycles. The van der Waals surface area contributed by atoms with Crippen molar-refractivity contribution in [2.45, 2.75) is 13.3 Å². The van der Waals surface area contributed by atoms with Crippen molar-refractivity contribution in [3.63, 3.8) is 0 Å². The van der Waals surface area contributed by atoms with Crippen molar-refractivity contribution in [3.05, 3.63) is 59.7 Å². The van der Waals surface area contributed by atoms with Crippen molar-refractivity contribution in [2.24, 2.45) is 11.8 Å². The zero-order valence-corrected chi connectivity index (χ0v) is 13.2. The van der Waals surface area contributed by atoms with Gasteiger partial charge >= 0.3 is 0 Å². The number of nitrogens with one attached hydrogen (secondary N) is 2. The van der Waals surface area contributed by atoms with Gasteiger partial charge in [-0.3, -0.25) is 9.59 Å². The van der Waals surface area contributed by atoms with Crippen LogP contribution < -0.4 is 10.6 Å². The maximum absolute atomic E-state index is 12.4. The van der Waals surface area contributed by atoms with Gasteiger partial charge in [-0.2, -0.15) is 5.26 Å². The topological polar surface area (TPSA) is 82.0 Å². The minimum absolute atomic E-state index is 0.00474. The number of carbonyl (C=O) groups is 2. The molecule has 2 amide bonds. The number of nitriles is 1. The van der Waals surface area contributed by atoms with Crippen molar-refractivity contribution in [1.82, 2.24) is 0 Å². The monoisotopic (exact) mass is 319 g/mol. The van der Waals surface area contributed by atoms with E-state index in [-0.39, 0.29) is 17.7 Å². The minimum Gasteiger partial charge on any atom is -0.326 e. The molecule has 5 heteroatoms. The summed E-state index contributed by atoms with van der Waals surface area (Å²) >= 11 is 0. The van der Waals surface area contributed by atoms with Gasteiger partial charge in [-0.1, -0.05) is 25.1 Å². The summed E-state index contributed by atoms with van der Waals surface area (Å²) in [5, 5.41) is 14.6. The predicted molar refractivity (Wildman–Crippen MR) is 91.5 cm³/mol. The molecule has 2 unspecified atom stereocenters. The fourth-order valence-electron chi connectivity index (χ4n) is 2.54. The molecule has 0 spiro atoms. The molecule has 0 aliphatic heterocycles. The Morgan fingerprint density at radius 3 is 2.58 bits per heavy atom. The number of rotatable bonds is 4. The molecule has 0 aromatic heterocycles. The van der Waals surface area contributed by atoms with Crippen LogP contribution in [0.3, 0.4) is 0 Å². The molecule has 0 saturated heterocycles. The first kappa shape index (κ1) is 15.8. The lowest BCUT2D eigenvalue weighted by Gasteiger charge is -2.09. The van der Waals surface area contributed by atoms with Crippen LogP contribution in [0, 0.1) is 23.2 Å². The van der Waals surface area contributed by atoms with Gasteiger partial charge in [-0.05, 0) is 42.7 Å². The second-order valence-electron chi connectivity index (χ2n) is 6.00. The van der Waals surface area contributed by atoms with Crippen LogP contribution in [-0.4, -0.2) is 11.8 Å². The van der Waals surface area contributed by atoms with E-state index in [1.54, 1.807) is 48.5 Å². The molecule has 2 aromatic carbocycles. The van der Waals surface area contributed by atoms with Crippen LogP contribution >= 0.6 is 0 Å². The molecule has 2 N–H and O–H groups in total. The van der Waals surface area contributed by atoms with Gasteiger partial charge in [0.2, 0.25) is 5.91 Å². The molecule has 0 radical (unpaired) electrons. The normalized spacial score (nSPS) is 18.3. The second kappa shape index (κ2) is 6.55. The highest BCUT2D eigenvalue weighted by Crippen LogP contribution is 2.38. The molecule has 1 aliphatic rings. The number of anilines is 2. The summed E-state index contributed by atoms with van der Waals surface area (Å²) < 4.78 is 0. The third kappa shape index (κ3) is 3.44. The molecule has 1 aliphatic carbocycles. The fraction of sp³-hybridized carbons (Fsp3) is 0.211. The van der Waals surface area contributed by atoms with Gasteiger partial charge < -0.3 is 10.6 Å². The highest BCUT2D eigenvalue weighted by atomic mass is 16.2. The number of carbonyl (C=O) groups excluding carboxylic acids is 2. The zero-order chi connectivity index (χ0) is 17.1. The quantitative estimate of drug-likeness (QED) is 0.906. The van der Waals surface area contributed by atoms with Crippen molar-refractivity contribution in [1.29, 1.82) is 5.26 Å². The zero-order valence-electron chi connectivity index (χ0n) is 13.2. The average Bonchev–Trinajstić information content (AvgIpc) is 3.32. The number of para-hydroxylation sites is 1. The fourth-order valence-corrected chi connectivity index (χ4v) is 2.54. The van der Waals surface area contributed by atoms with Crippen molar-refractivity contribution in [3.8, 4) is 6.07 Å². The summed E-state index contributed by atoms with van der Waals surface area (Å²) in [6, 6.07) is 15.6. The van der Waals surface area contributed by atoms with Gasteiger partial charge in [0.25, 0.3) is 5.91 Å². The van der Waals surface area contributed by atoms with Crippen LogP contribution in [-0.2, 0) is 4.79 Å². The first-order chi connectivity index (χ1) is 11.6. The average molecular weight is 319 g/mol. The predicted octanol–water partition coefficient (Wildman–Crippen LogP) is 3.41. The molecular weight excluding hydrogens is 302 g/mol. The smallest absolute Gasteiger partial charge is 0.255 e. The minimum atomic E-state index is -0.325. The van der Waals surface area contributed by atoms with Gasteiger partial charge in [0, 0.05) is 17.2 Å². The number of hydrogen-bond acceptors (Lipinski definition) is 3. The molecule has 1 saturated carbocycles. The van der Waals surface area contributed by atoms with Crippen LogP contribution in [0.1, 0.15) is 29.3 Å². The summed E-state index contributed by atoms with van der Waals surface area (Å²) in [5.41, 5.74) is 1.88. The van der Waals surface area contributed by atoms with Gasteiger partial charge in [0.05, 0.1) is 11.3 Å². The van der Waals surface area contributed by atoms with Crippen molar-refractivity contribution < 1.29 is 9.59 Å². The van der Waals surface area contributed by atoms with Crippen molar-refractivity contribution >= 4 is 23.2 Å². The first-order valence-electron chi connectivity index (χ1n) is 7.80. The second-order valence-corrected chi connectivity index (χ2v) is 6.00. The van der Waals surface area contributed by atoms with Crippen LogP contribution in [0.15, 0.2) is 48.5 Å². The maximum Gasteiger partial charge on any atom is 0.255 e. The Morgan fingerprint density at radius 2 is 1.88 bits per heavy atom. The van der Waals surface area contributed by atoms with Gasteiger partial charge in [-0.15, -0.1) is 0 Å². The molecule has 2 aromatic rings. The summed E-state index contributed by atoms with van der Waals surface area (Å²) in [6.45, 7) is 2.04.